The molecule has 1 aromatic rings. The number of hydrogen-bond acceptors (Lipinski definition) is 3. The van der Waals surface area contributed by atoms with Crippen molar-refractivity contribution in [3.63, 3.8) is 0 Å². The maximum absolute atomic E-state index is 11.3. The zero-order valence-electron chi connectivity index (χ0n) is 11.7. The second kappa shape index (κ2) is 6.57. The third-order valence-corrected chi connectivity index (χ3v) is 3.64. The van der Waals surface area contributed by atoms with E-state index < -0.39 is 0 Å². The lowest BCUT2D eigenvalue weighted by atomic mass is 9.88. The molecule has 0 fully saturated rings. The summed E-state index contributed by atoms with van der Waals surface area (Å²) in [5.41, 5.74) is 2.68. The van der Waals surface area contributed by atoms with Gasteiger partial charge in [0.15, 0.2) is 0 Å². The molecule has 0 saturated heterocycles. The minimum Gasteiger partial charge on any atom is -0.497 e. The molecule has 1 unspecified atom stereocenters. The summed E-state index contributed by atoms with van der Waals surface area (Å²) >= 11 is 0. The Bertz CT molecular complexity index is 446. The van der Waals surface area contributed by atoms with Gasteiger partial charge in [-0.1, -0.05) is 13.0 Å². The van der Waals surface area contributed by atoms with Gasteiger partial charge in [0, 0.05) is 26.1 Å². The lowest BCUT2D eigenvalue weighted by Gasteiger charge is -2.27. The van der Waals surface area contributed by atoms with Gasteiger partial charge in [-0.3, -0.25) is 4.79 Å². The first-order valence-electron chi connectivity index (χ1n) is 6.88. The van der Waals surface area contributed by atoms with Gasteiger partial charge in [-0.15, -0.1) is 0 Å². The van der Waals surface area contributed by atoms with Crippen LogP contribution in [-0.4, -0.2) is 26.1 Å². The Labute approximate surface area is 114 Å². The Kier molecular flexibility index (Phi) is 4.80. The van der Waals surface area contributed by atoms with Gasteiger partial charge in [0.2, 0.25) is 5.91 Å². The van der Waals surface area contributed by atoms with Gasteiger partial charge in [0.25, 0.3) is 0 Å². The molecule has 104 valence electrons. The zero-order valence-corrected chi connectivity index (χ0v) is 11.7. The van der Waals surface area contributed by atoms with Crippen LogP contribution in [0.25, 0.3) is 0 Å². The number of methoxy groups -OCH3 is 1. The van der Waals surface area contributed by atoms with E-state index in [0.717, 1.165) is 31.8 Å². The third-order valence-electron chi connectivity index (χ3n) is 3.64. The number of benzene rings is 1. The Morgan fingerprint density at radius 3 is 3.11 bits per heavy atom. The Balaban J connectivity index is 2.02. The first-order valence-corrected chi connectivity index (χ1v) is 6.88. The topological polar surface area (TPSA) is 50.4 Å². The average molecular weight is 262 g/mol. The first kappa shape index (κ1) is 13.9. The number of carbonyl (C=O) groups is 1. The SMILES string of the molecule is CCC(=O)NCCC1CNCc2ccc(OC)cc21. The van der Waals surface area contributed by atoms with E-state index in [1.54, 1.807) is 7.11 Å². The molecule has 1 atom stereocenters. The van der Waals surface area contributed by atoms with Crippen LogP contribution in [0.15, 0.2) is 18.2 Å². The van der Waals surface area contributed by atoms with Crippen molar-refractivity contribution in [2.45, 2.75) is 32.2 Å². The molecule has 0 radical (unpaired) electrons. The number of carbonyl (C=O) groups excluding carboxylic acids is 1. The lowest BCUT2D eigenvalue weighted by molar-refractivity contribution is -0.120. The molecule has 0 spiro atoms. The van der Waals surface area contributed by atoms with Crippen molar-refractivity contribution in [2.24, 2.45) is 0 Å². The van der Waals surface area contributed by atoms with Crippen molar-refractivity contribution in [3.8, 4) is 5.75 Å². The van der Waals surface area contributed by atoms with E-state index in [1.807, 2.05) is 13.0 Å². The van der Waals surface area contributed by atoms with E-state index in [9.17, 15) is 4.79 Å². The summed E-state index contributed by atoms with van der Waals surface area (Å²) in [4.78, 5) is 11.3. The molecule has 2 rings (SSSR count). The van der Waals surface area contributed by atoms with Gasteiger partial charge in [0.1, 0.15) is 5.75 Å². The number of hydrogen-bond donors (Lipinski definition) is 2. The first-order chi connectivity index (χ1) is 9.24. The predicted octanol–water partition coefficient (Wildman–Crippen LogP) is 1.80. The maximum atomic E-state index is 11.3. The molecule has 1 amide bonds. The minimum atomic E-state index is 0.120. The van der Waals surface area contributed by atoms with Gasteiger partial charge in [-0.05, 0) is 35.6 Å². The van der Waals surface area contributed by atoms with Gasteiger partial charge in [-0.25, -0.2) is 0 Å². The number of rotatable bonds is 5. The van der Waals surface area contributed by atoms with Crippen LogP contribution in [0.3, 0.4) is 0 Å². The van der Waals surface area contributed by atoms with Crippen molar-refractivity contribution in [1.29, 1.82) is 0 Å². The zero-order chi connectivity index (χ0) is 13.7. The Hall–Kier alpha value is -1.55. The normalized spacial score (nSPS) is 17.7. The Morgan fingerprint density at radius 1 is 1.53 bits per heavy atom. The highest BCUT2D eigenvalue weighted by molar-refractivity contribution is 5.75. The van der Waals surface area contributed by atoms with Crippen LogP contribution in [-0.2, 0) is 11.3 Å². The maximum Gasteiger partial charge on any atom is 0.219 e. The molecular weight excluding hydrogens is 240 g/mol. The van der Waals surface area contributed by atoms with E-state index in [2.05, 4.69) is 22.8 Å². The van der Waals surface area contributed by atoms with Gasteiger partial charge < -0.3 is 15.4 Å². The van der Waals surface area contributed by atoms with Crippen LogP contribution in [0.5, 0.6) is 5.75 Å². The van der Waals surface area contributed by atoms with E-state index in [1.165, 1.54) is 11.1 Å². The fourth-order valence-electron chi connectivity index (χ4n) is 2.50. The highest BCUT2D eigenvalue weighted by Crippen LogP contribution is 2.29. The van der Waals surface area contributed by atoms with Crippen molar-refractivity contribution >= 4 is 5.91 Å². The summed E-state index contributed by atoms with van der Waals surface area (Å²) in [6.45, 7) is 4.48. The van der Waals surface area contributed by atoms with Crippen LogP contribution in [0.1, 0.15) is 36.8 Å². The second-order valence-corrected chi connectivity index (χ2v) is 4.88. The molecule has 19 heavy (non-hydrogen) atoms. The van der Waals surface area contributed by atoms with Crippen LogP contribution in [0, 0.1) is 0 Å². The fourth-order valence-corrected chi connectivity index (χ4v) is 2.50. The number of nitrogens with one attached hydrogen (secondary N) is 2. The van der Waals surface area contributed by atoms with Crippen molar-refractivity contribution in [1.82, 2.24) is 10.6 Å². The number of ether oxygens (including phenoxy) is 1. The van der Waals surface area contributed by atoms with E-state index in [0.29, 0.717) is 12.3 Å². The quantitative estimate of drug-likeness (QED) is 0.850. The monoisotopic (exact) mass is 262 g/mol. The lowest BCUT2D eigenvalue weighted by Crippen LogP contribution is -2.31. The summed E-state index contributed by atoms with van der Waals surface area (Å²) in [5, 5.41) is 6.37. The number of fused-ring (bicyclic) bond motifs is 1. The van der Waals surface area contributed by atoms with E-state index >= 15 is 0 Å². The van der Waals surface area contributed by atoms with Crippen LogP contribution >= 0.6 is 0 Å². The van der Waals surface area contributed by atoms with E-state index in [-0.39, 0.29) is 5.91 Å². The highest BCUT2D eigenvalue weighted by atomic mass is 16.5. The number of amides is 1. The van der Waals surface area contributed by atoms with Gasteiger partial charge >= 0.3 is 0 Å². The standard InChI is InChI=1S/C15H22N2O2/c1-3-15(18)17-7-6-12-10-16-9-11-4-5-13(19-2)8-14(11)12/h4-5,8,12,16H,3,6-7,9-10H2,1-2H3,(H,17,18). The summed E-state index contributed by atoms with van der Waals surface area (Å²) < 4.78 is 5.30. The largest absolute Gasteiger partial charge is 0.497 e. The van der Waals surface area contributed by atoms with Crippen molar-refractivity contribution in [3.05, 3.63) is 29.3 Å². The summed E-state index contributed by atoms with van der Waals surface area (Å²) in [5.74, 6) is 1.47. The third kappa shape index (κ3) is 3.47. The predicted molar refractivity (Wildman–Crippen MR) is 75.4 cm³/mol. The van der Waals surface area contributed by atoms with E-state index in [4.69, 9.17) is 4.74 Å². The molecule has 2 N–H and O–H groups in total. The molecule has 4 heteroatoms. The van der Waals surface area contributed by atoms with Crippen molar-refractivity contribution in [2.75, 3.05) is 20.2 Å². The van der Waals surface area contributed by atoms with Gasteiger partial charge in [-0.2, -0.15) is 0 Å². The average Bonchev–Trinajstić information content (AvgIpc) is 2.46. The minimum absolute atomic E-state index is 0.120. The van der Waals surface area contributed by atoms with Crippen LogP contribution in [0.2, 0.25) is 0 Å². The summed E-state index contributed by atoms with van der Waals surface area (Å²) in [7, 11) is 1.69. The molecule has 1 aromatic carbocycles. The van der Waals surface area contributed by atoms with Crippen molar-refractivity contribution < 1.29 is 9.53 Å². The fraction of sp³-hybridized carbons (Fsp3) is 0.533. The van der Waals surface area contributed by atoms with Gasteiger partial charge in [0.05, 0.1) is 7.11 Å². The Morgan fingerprint density at radius 2 is 2.37 bits per heavy atom. The molecule has 0 bridgehead atoms. The molecular formula is C15H22N2O2. The smallest absolute Gasteiger partial charge is 0.219 e. The molecule has 4 nitrogen and oxygen atoms in total. The molecule has 0 aliphatic carbocycles. The molecule has 0 saturated carbocycles. The molecule has 1 heterocycles. The highest BCUT2D eigenvalue weighted by Gasteiger charge is 2.20. The molecule has 1 aliphatic heterocycles. The second-order valence-electron chi connectivity index (χ2n) is 4.88. The summed E-state index contributed by atoms with van der Waals surface area (Å²) in [6.07, 6.45) is 1.51. The molecule has 0 aromatic heterocycles. The summed E-state index contributed by atoms with van der Waals surface area (Å²) in [6, 6.07) is 6.25. The molecule has 1 aliphatic rings. The van der Waals surface area contributed by atoms with Crippen LogP contribution < -0.4 is 15.4 Å². The van der Waals surface area contributed by atoms with Crippen LogP contribution in [0.4, 0.5) is 0 Å².